The first kappa shape index (κ1) is 9.79. The van der Waals surface area contributed by atoms with Crippen LogP contribution in [0.2, 0.25) is 0 Å². The van der Waals surface area contributed by atoms with E-state index in [2.05, 4.69) is 29.2 Å². The lowest BCUT2D eigenvalue weighted by molar-refractivity contribution is 0.617. The van der Waals surface area contributed by atoms with Gasteiger partial charge in [0.1, 0.15) is 0 Å². The summed E-state index contributed by atoms with van der Waals surface area (Å²) in [6.07, 6.45) is 5.47. The Morgan fingerprint density at radius 2 is 2.06 bits per heavy atom. The second-order valence-electron chi connectivity index (χ2n) is 4.62. The Balaban J connectivity index is 2.16. The predicted molar refractivity (Wildman–Crippen MR) is 66.3 cm³/mol. The normalized spacial score (nSPS) is 25.1. The highest BCUT2D eigenvalue weighted by atomic mass is 14.7. The molecule has 0 aliphatic heterocycles. The van der Waals surface area contributed by atoms with Crippen molar-refractivity contribution in [2.75, 3.05) is 0 Å². The fourth-order valence-corrected chi connectivity index (χ4v) is 2.83. The van der Waals surface area contributed by atoms with Crippen molar-refractivity contribution in [3.63, 3.8) is 0 Å². The van der Waals surface area contributed by atoms with Crippen LogP contribution in [0, 0.1) is 0 Å². The van der Waals surface area contributed by atoms with E-state index in [0.717, 1.165) is 11.9 Å². The van der Waals surface area contributed by atoms with E-state index in [0.29, 0.717) is 12.0 Å². The van der Waals surface area contributed by atoms with Crippen molar-refractivity contribution in [2.24, 2.45) is 5.73 Å². The maximum atomic E-state index is 6.18. The van der Waals surface area contributed by atoms with E-state index in [9.17, 15) is 0 Å². The molecule has 2 atom stereocenters. The van der Waals surface area contributed by atoms with Gasteiger partial charge in [0.25, 0.3) is 0 Å². The first-order valence-corrected chi connectivity index (χ1v) is 5.95. The second-order valence-corrected chi connectivity index (χ2v) is 4.62. The van der Waals surface area contributed by atoms with Gasteiger partial charge in [-0.2, -0.15) is 0 Å². The number of pyridine rings is 1. The summed E-state index contributed by atoms with van der Waals surface area (Å²) in [4.78, 5) is 4.40. The highest BCUT2D eigenvalue weighted by molar-refractivity contribution is 5.82. The van der Waals surface area contributed by atoms with Gasteiger partial charge in [0.2, 0.25) is 0 Å². The maximum Gasteiger partial charge on any atom is 0.0704 e. The van der Waals surface area contributed by atoms with E-state index < -0.39 is 0 Å². The topological polar surface area (TPSA) is 38.9 Å². The third-order valence-corrected chi connectivity index (χ3v) is 3.65. The average Bonchev–Trinajstić information content (AvgIpc) is 2.75. The lowest BCUT2D eigenvalue weighted by Crippen LogP contribution is -2.22. The Hall–Kier alpha value is -1.41. The number of benzene rings is 1. The molecule has 0 bridgehead atoms. The number of hydrogen-bond acceptors (Lipinski definition) is 2. The Bertz CT molecular complexity index is 502. The Labute approximate surface area is 95.5 Å². The standard InChI is InChI=1S/C14H16N2/c15-13-7-1-5-11(13)10-4-2-8-14-12(10)6-3-9-16-14/h2-4,6,8-9,11,13H,1,5,7,15H2. The second kappa shape index (κ2) is 3.87. The number of fused-ring (bicyclic) bond motifs is 1. The molecule has 1 saturated carbocycles. The molecule has 1 fully saturated rings. The molecule has 0 saturated heterocycles. The molecule has 2 heteroatoms. The lowest BCUT2D eigenvalue weighted by Gasteiger charge is -2.17. The van der Waals surface area contributed by atoms with E-state index in [1.807, 2.05) is 12.3 Å². The summed E-state index contributed by atoms with van der Waals surface area (Å²) in [7, 11) is 0. The zero-order valence-corrected chi connectivity index (χ0v) is 9.26. The van der Waals surface area contributed by atoms with Crippen molar-refractivity contribution < 1.29 is 0 Å². The Morgan fingerprint density at radius 1 is 1.12 bits per heavy atom. The predicted octanol–water partition coefficient (Wildman–Crippen LogP) is 2.83. The number of nitrogens with two attached hydrogens (primary N) is 1. The SMILES string of the molecule is NC1CCCC1c1cccc2ncccc12. The molecular weight excluding hydrogens is 196 g/mol. The summed E-state index contributed by atoms with van der Waals surface area (Å²) < 4.78 is 0. The van der Waals surface area contributed by atoms with Crippen molar-refractivity contribution in [3.8, 4) is 0 Å². The summed E-state index contributed by atoms with van der Waals surface area (Å²) in [6.45, 7) is 0. The molecule has 1 aromatic heterocycles. The van der Waals surface area contributed by atoms with Crippen molar-refractivity contribution >= 4 is 10.9 Å². The van der Waals surface area contributed by atoms with Crippen LogP contribution in [0.5, 0.6) is 0 Å². The van der Waals surface area contributed by atoms with Crippen LogP contribution in [0.15, 0.2) is 36.5 Å². The van der Waals surface area contributed by atoms with Crippen molar-refractivity contribution in [1.29, 1.82) is 0 Å². The molecule has 1 heterocycles. The van der Waals surface area contributed by atoms with E-state index in [4.69, 9.17) is 5.73 Å². The zero-order chi connectivity index (χ0) is 11.0. The molecule has 2 unspecified atom stereocenters. The van der Waals surface area contributed by atoms with E-state index in [1.54, 1.807) is 0 Å². The molecule has 1 aliphatic carbocycles. The van der Waals surface area contributed by atoms with Crippen LogP contribution in [-0.4, -0.2) is 11.0 Å². The minimum absolute atomic E-state index is 0.325. The van der Waals surface area contributed by atoms with Crippen LogP contribution >= 0.6 is 0 Å². The van der Waals surface area contributed by atoms with E-state index >= 15 is 0 Å². The van der Waals surface area contributed by atoms with Gasteiger partial charge in [0.05, 0.1) is 5.52 Å². The Morgan fingerprint density at radius 3 is 2.88 bits per heavy atom. The van der Waals surface area contributed by atoms with Gasteiger partial charge in [-0.25, -0.2) is 0 Å². The number of hydrogen-bond donors (Lipinski definition) is 1. The molecule has 3 rings (SSSR count). The van der Waals surface area contributed by atoms with Crippen molar-refractivity contribution in [1.82, 2.24) is 4.98 Å². The van der Waals surface area contributed by atoms with Crippen LogP contribution in [0.1, 0.15) is 30.7 Å². The molecule has 0 spiro atoms. The fourth-order valence-electron chi connectivity index (χ4n) is 2.83. The van der Waals surface area contributed by atoms with Gasteiger partial charge in [-0.15, -0.1) is 0 Å². The fraction of sp³-hybridized carbons (Fsp3) is 0.357. The molecule has 0 radical (unpaired) electrons. The smallest absolute Gasteiger partial charge is 0.0704 e. The summed E-state index contributed by atoms with van der Waals surface area (Å²) in [5.41, 5.74) is 8.65. The van der Waals surface area contributed by atoms with Gasteiger partial charge >= 0.3 is 0 Å². The van der Waals surface area contributed by atoms with Gasteiger partial charge in [0, 0.05) is 17.6 Å². The van der Waals surface area contributed by atoms with Crippen LogP contribution in [0.4, 0.5) is 0 Å². The van der Waals surface area contributed by atoms with Crippen molar-refractivity contribution in [2.45, 2.75) is 31.2 Å². The van der Waals surface area contributed by atoms with Crippen molar-refractivity contribution in [3.05, 3.63) is 42.1 Å². The molecule has 2 nitrogen and oxygen atoms in total. The molecule has 82 valence electrons. The molecular formula is C14H16N2. The summed E-state index contributed by atoms with van der Waals surface area (Å²) in [6, 6.07) is 10.9. The lowest BCUT2D eigenvalue weighted by atomic mass is 9.91. The van der Waals surface area contributed by atoms with Gasteiger partial charge in [-0.3, -0.25) is 4.98 Å². The summed E-state index contributed by atoms with van der Waals surface area (Å²) >= 11 is 0. The maximum absolute atomic E-state index is 6.18. The summed E-state index contributed by atoms with van der Waals surface area (Å²) in [5, 5.41) is 1.27. The first-order chi connectivity index (χ1) is 7.86. The monoisotopic (exact) mass is 212 g/mol. The van der Waals surface area contributed by atoms with Gasteiger partial charge in [-0.1, -0.05) is 24.6 Å². The van der Waals surface area contributed by atoms with E-state index in [-0.39, 0.29) is 0 Å². The zero-order valence-electron chi connectivity index (χ0n) is 9.26. The molecule has 1 aromatic carbocycles. The third kappa shape index (κ3) is 1.50. The van der Waals surface area contributed by atoms with Gasteiger partial charge < -0.3 is 5.73 Å². The number of nitrogens with zero attached hydrogens (tertiary/aromatic N) is 1. The highest BCUT2D eigenvalue weighted by Crippen LogP contribution is 2.36. The van der Waals surface area contributed by atoms with Crippen LogP contribution < -0.4 is 5.73 Å². The van der Waals surface area contributed by atoms with Crippen LogP contribution in [-0.2, 0) is 0 Å². The van der Waals surface area contributed by atoms with Crippen LogP contribution in [0.3, 0.4) is 0 Å². The van der Waals surface area contributed by atoms with Gasteiger partial charge in [-0.05, 0) is 36.5 Å². The third-order valence-electron chi connectivity index (χ3n) is 3.65. The average molecular weight is 212 g/mol. The van der Waals surface area contributed by atoms with E-state index in [1.165, 1.54) is 23.8 Å². The van der Waals surface area contributed by atoms with Crippen LogP contribution in [0.25, 0.3) is 10.9 Å². The Kier molecular flexibility index (Phi) is 2.37. The minimum Gasteiger partial charge on any atom is -0.327 e. The number of rotatable bonds is 1. The number of aromatic nitrogens is 1. The molecule has 2 N–H and O–H groups in total. The molecule has 0 amide bonds. The quantitative estimate of drug-likeness (QED) is 0.789. The molecule has 16 heavy (non-hydrogen) atoms. The minimum atomic E-state index is 0.325. The first-order valence-electron chi connectivity index (χ1n) is 5.95. The molecule has 1 aliphatic rings. The summed E-state index contributed by atoms with van der Waals surface area (Å²) in [5.74, 6) is 0.521. The van der Waals surface area contributed by atoms with Gasteiger partial charge in [0.15, 0.2) is 0 Å². The molecule has 2 aromatic rings. The highest BCUT2D eigenvalue weighted by Gasteiger charge is 2.26. The largest absolute Gasteiger partial charge is 0.327 e.